The molecule has 1 saturated carbocycles. The van der Waals surface area contributed by atoms with Crippen molar-refractivity contribution in [3.8, 4) is 23.4 Å². The lowest BCUT2D eigenvalue weighted by atomic mass is 9.83. The van der Waals surface area contributed by atoms with Crippen LogP contribution in [0.25, 0.3) is 5.69 Å². The number of nitrogens with one attached hydrogen (secondary N) is 1. The number of primary amides is 1. The fourth-order valence-corrected chi connectivity index (χ4v) is 6.13. The third-order valence-electron chi connectivity index (χ3n) is 7.78. The molecule has 0 bridgehead atoms. The molecule has 0 atom stereocenters. The highest BCUT2D eigenvalue weighted by Crippen LogP contribution is 2.35. The Balaban J connectivity index is 1.46. The zero-order valence-electron chi connectivity index (χ0n) is 22.2. The Morgan fingerprint density at radius 2 is 1.68 bits per heavy atom. The largest absolute Gasteiger partial charge is 0.438 e. The molecule has 1 aliphatic heterocycles. The van der Waals surface area contributed by atoms with Gasteiger partial charge < -0.3 is 20.7 Å². The topological polar surface area (TPSA) is 126 Å². The van der Waals surface area contributed by atoms with Crippen LogP contribution in [0.2, 0.25) is 15.1 Å². The van der Waals surface area contributed by atoms with Crippen LogP contribution < -0.4 is 15.8 Å². The van der Waals surface area contributed by atoms with Crippen LogP contribution in [-0.2, 0) is 4.79 Å². The van der Waals surface area contributed by atoms with E-state index >= 15 is 0 Å². The second-order valence-electron chi connectivity index (χ2n) is 10.4. The first-order chi connectivity index (χ1) is 19.7. The van der Waals surface area contributed by atoms with Crippen LogP contribution in [-0.4, -0.2) is 51.2 Å². The van der Waals surface area contributed by atoms with Gasteiger partial charge in [-0.3, -0.25) is 9.59 Å². The molecule has 2 heterocycles. The standard InChI is InChI=1S/C29H29Cl3N6O3/c30-18-6-9-21(10-7-18)41-27-22(17-33)25(36-38(27)24-11-8-19(31)16-23(24)32)26(39)37-14-12-29(13-15-37,28(34)40)35-20-4-2-1-3-5-20/h6-11,16,20,35H,1-5,12-15H2,(H2,34,40). The molecule has 5 rings (SSSR count). The summed E-state index contributed by atoms with van der Waals surface area (Å²) >= 11 is 18.6. The van der Waals surface area contributed by atoms with Gasteiger partial charge in [-0.1, -0.05) is 54.1 Å². The van der Waals surface area contributed by atoms with Crippen LogP contribution in [0.4, 0.5) is 0 Å². The van der Waals surface area contributed by atoms with E-state index in [0.29, 0.717) is 34.3 Å². The SMILES string of the molecule is N#Cc1c(C(=O)N2CCC(NC3CCCCC3)(C(N)=O)CC2)nn(-c2ccc(Cl)cc2Cl)c1Oc1ccc(Cl)cc1. The third-order valence-corrected chi connectivity index (χ3v) is 8.57. The number of aromatic nitrogens is 2. The van der Waals surface area contributed by atoms with Gasteiger partial charge in [-0.25, -0.2) is 0 Å². The molecule has 1 aliphatic carbocycles. The Labute approximate surface area is 253 Å². The van der Waals surface area contributed by atoms with Crippen LogP contribution in [0.3, 0.4) is 0 Å². The fraction of sp³-hybridized carbons (Fsp3) is 0.379. The highest BCUT2D eigenvalue weighted by molar-refractivity contribution is 6.35. The molecule has 3 N–H and O–H groups in total. The zero-order valence-corrected chi connectivity index (χ0v) is 24.5. The summed E-state index contributed by atoms with van der Waals surface area (Å²) in [6, 6.07) is 13.7. The van der Waals surface area contributed by atoms with E-state index in [9.17, 15) is 14.9 Å². The number of likely N-dealkylation sites (tertiary alicyclic amines) is 1. The number of hydrogen-bond acceptors (Lipinski definition) is 6. The van der Waals surface area contributed by atoms with E-state index in [2.05, 4.69) is 16.5 Å². The molecule has 12 heteroatoms. The van der Waals surface area contributed by atoms with E-state index in [4.69, 9.17) is 45.3 Å². The maximum Gasteiger partial charge on any atom is 0.275 e. The van der Waals surface area contributed by atoms with Gasteiger partial charge in [0.1, 0.15) is 22.9 Å². The highest BCUT2D eigenvalue weighted by atomic mass is 35.5. The Kier molecular flexibility index (Phi) is 8.76. The Hall–Kier alpha value is -3.29. The van der Waals surface area contributed by atoms with Gasteiger partial charge in [0.25, 0.3) is 5.91 Å². The van der Waals surface area contributed by atoms with E-state index in [1.165, 1.54) is 17.2 Å². The molecular weight excluding hydrogens is 587 g/mol. The lowest BCUT2D eigenvalue weighted by Crippen LogP contribution is -2.63. The monoisotopic (exact) mass is 614 g/mol. The van der Waals surface area contributed by atoms with Crippen molar-refractivity contribution in [2.45, 2.75) is 56.5 Å². The van der Waals surface area contributed by atoms with Crippen molar-refractivity contribution in [2.24, 2.45) is 5.73 Å². The van der Waals surface area contributed by atoms with Gasteiger partial charge in [-0.2, -0.15) is 15.0 Å². The maximum absolute atomic E-state index is 13.8. The summed E-state index contributed by atoms with van der Waals surface area (Å²) in [5.41, 5.74) is 5.24. The summed E-state index contributed by atoms with van der Waals surface area (Å²) in [5, 5.41) is 19.4. The molecule has 3 aromatic rings. The molecule has 0 unspecified atom stereocenters. The van der Waals surface area contributed by atoms with Gasteiger partial charge in [-0.15, -0.1) is 0 Å². The highest BCUT2D eigenvalue weighted by Gasteiger charge is 2.43. The minimum Gasteiger partial charge on any atom is -0.438 e. The van der Waals surface area contributed by atoms with E-state index in [1.807, 2.05) is 0 Å². The molecule has 0 spiro atoms. The van der Waals surface area contributed by atoms with Gasteiger partial charge in [0, 0.05) is 29.2 Å². The molecule has 1 aromatic heterocycles. The quantitative estimate of drug-likeness (QED) is 0.342. The number of nitrogens with two attached hydrogens (primary N) is 1. The van der Waals surface area contributed by atoms with Crippen molar-refractivity contribution in [3.63, 3.8) is 0 Å². The van der Waals surface area contributed by atoms with E-state index < -0.39 is 17.4 Å². The molecule has 2 aliphatic rings. The predicted molar refractivity (Wildman–Crippen MR) is 157 cm³/mol. The van der Waals surface area contributed by atoms with E-state index in [-0.39, 0.29) is 41.3 Å². The lowest BCUT2D eigenvalue weighted by Gasteiger charge is -2.43. The van der Waals surface area contributed by atoms with Crippen molar-refractivity contribution >= 4 is 46.6 Å². The molecule has 1 saturated heterocycles. The number of carbonyl (C=O) groups excluding carboxylic acids is 2. The fourth-order valence-electron chi connectivity index (χ4n) is 5.52. The van der Waals surface area contributed by atoms with Crippen LogP contribution in [0, 0.1) is 11.3 Å². The van der Waals surface area contributed by atoms with Crippen molar-refractivity contribution in [1.82, 2.24) is 20.0 Å². The van der Waals surface area contributed by atoms with Gasteiger partial charge in [0.2, 0.25) is 11.8 Å². The number of amides is 2. The average molecular weight is 616 g/mol. The first-order valence-corrected chi connectivity index (χ1v) is 14.6. The molecule has 2 amide bonds. The van der Waals surface area contributed by atoms with Crippen molar-refractivity contribution in [2.75, 3.05) is 13.1 Å². The van der Waals surface area contributed by atoms with Crippen LogP contribution in [0.15, 0.2) is 42.5 Å². The average Bonchev–Trinajstić information content (AvgIpc) is 3.32. The van der Waals surface area contributed by atoms with Gasteiger partial charge in [-0.05, 0) is 68.1 Å². The van der Waals surface area contributed by atoms with Gasteiger partial charge >= 0.3 is 0 Å². The molecule has 9 nitrogen and oxygen atoms in total. The normalized spacial score (nSPS) is 17.2. The molecule has 2 fully saturated rings. The van der Waals surface area contributed by atoms with Crippen molar-refractivity contribution in [3.05, 3.63) is 68.8 Å². The zero-order chi connectivity index (χ0) is 29.1. The maximum atomic E-state index is 13.8. The lowest BCUT2D eigenvalue weighted by molar-refractivity contribution is -0.126. The van der Waals surface area contributed by atoms with Gasteiger partial charge in [0.05, 0.1) is 10.7 Å². The number of piperidine rings is 1. The number of rotatable bonds is 7. The summed E-state index contributed by atoms with van der Waals surface area (Å²) in [4.78, 5) is 28.0. The summed E-state index contributed by atoms with van der Waals surface area (Å²) < 4.78 is 7.40. The minimum absolute atomic E-state index is 0.0184. The molecule has 2 aromatic carbocycles. The second-order valence-corrected chi connectivity index (χ2v) is 11.7. The molecule has 0 radical (unpaired) electrons. The number of halogens is 3. The van der Waals surface area contributed by atoms with Crippen LogP contribution in [0.1, 0.15) is 61.0 Å². The number of benzene rings is 2. The second kappa shape index (κ2) is 12.3. The Morgan fingerprint density at radius 1 is 1.02 bits per heavy atom. The number of hydrogen-bond donors (Lipinski definition) is 2. The number of nitriles is 1. The summed E-state index contributed by atoms with van der Waals surface area (Å²) in [6.45, 7) is 0.544. The van der Waals surface area contributed by atoms with Crippen LogP contribution >= 0.6 is 34.8 Å². The number of carbonyl (C=O) groups is 2. The third kappa shape index (κ3) is 6.16. The predicted octanol–water partition coefficient (Wildman–Crippen LogP) is 5.88. The first kappa shape index (κ1) is 29.2. The summed E-state index contributed by atoms with van der Waals surface area (Å²) in [7, 11) is 0. The summed E-state index contributed by atoms with van der Waals surface area (Å²) in [6.07, 6.45) is 6.18. The van der Waals surface area contributed by atoms with E-state index in [1.54, 1.807) is 41.3 Å². The van der Waals surface area contributed by atoms with Crippen LogP contribution in [0.5, 0.6) is 11.6 Å². The summed E-state index contributed by atoms with van der Waals surface area (Å²) in [5.74, 6) is -0.464. The van der Waals surface area contributed by atoms with Crippen molar-refractivity contribution < 1.29 is 14.3 Å². The number of nitrogens with zero attached hydrogens (tertiary/aromatic N) is 4. The Bertz CT molecular complexity index is 1490. The van der Waals surface area contributed by atoms with Gasteiger partial charge in [0.15, 0.2) is 5.69 Å². The molecular formula is C29H29Cl3N6O3. The minimum atomic E-state index is -0.879. The molecule has 214 valence electrons. The Morgan fingerprint density at radius 3 is 2.29 bits per heavy atom. The van der Waals surface area contributed by atoms with E-state index in [0.717, 1.165) is 25.7 Å². The van der Waals surface area contributed by atoms with Crippen molar-refractivity contribution in [1.29, 1.82) is 5.26 Å². The molecule has 41 heavy (non-hydrogen) atoms. The number of ether oxygens (including phenoxy) is 1. The smallest absolute Gasteiger partial charge is 0.275 e. The first-order valence-electron chi connectivity index (χ1n) is 13.5.